The van der Waals surface area contributed by atoms with Crippen LogP contribution in [-0.4, -0.2) is 22.5 Å². The second-order valence-corrected chi connectivity index (χ2v) is 3.38. The molecular formula is C8H11N3O2S. The van der Waals surface area contributed by atoms with E-state index in [1.165, 1.54) is 11.8 Å². The maximum atomic E-state index is 8.31. The number of hydrogen-bond acceptors (Lipinski definition) is 6. The van der Waals surface area contributed by atoms with Crippen LogP contribution in [0.4, 0.5) is 0 Å². The van der Waals surface area contributed by atoms with Gasteiger partial charge in [-0.05, 0) is 6.92 Å². The van der Waals surface area contributed by atoms with E-state index in [4.69, 9.17) is 14.5 Å². The maximum Gasteiger partial charge on any atom is 0.236 e. The molecule has 76 valence electrons. The van der Waals surface area contributed by atoms with E-state index >= 15 is 0 Å². The number of rotatable bonds is 6. The Balaban J connectivity index is 2.32. The molecule has 1 aromatic heterocycles. The van der Waals surface area contributed by atoms with Crippen LogP contribution in [0.5, 0.6) is 0 Å². The van der Waals surface area contributed by atoms with Gasteiger partial charge >= 0.3 is 0 Å². The molecule has 0 fully saturated rings. The van der Waals surface area contributed by atoms with Crippen molar-refractivity contribution < 1.29 is 9.26 Å². The fourth-order valence-corrected chi connectivity index (χ4v) is 1.27. The first-order valence-electron chi connectivity index (χ1n) is 4.20. The molecule has 0 radical (unpaired) electrons. The standard InChI is InChI=1S/C8H11N3O2S/c1-2-12-5-7-10-8(13-11-7)6-14-4-3-9/h2,4-6H2,1H3. The molecule has 0 aromatic carbocycles. The second-order valence-electron chi connectivity index (χ2n) is 2.39. The van der Waals surface area contributed by atoms with Crippen molar-refractivity contribution in [2.45, 2.75) is 19.3 Å². The van der Waals surface area contributed by atoms with Crippen LogP contribution in [0.1, 0.15) is 18.6 Å². The monoisotopic (exact) mass is 213 g/mol. The average Bonchev–Trinajstić information content (AvgIpc) is 2.63. The van der Waals surface area contributed by atoms with Gasteiger partial charge in [0.2, 0.25) is 5.89 Å². The van der Waals surface area contributed by atoms with Crippen molar-refractivity contribution in [1.82, 2.24) is 10.1 Å². The summed E-state index contributed by atoms with van der Waals surface area (Å²) >= 11 is 1.45. The molecule has 5 nitrogen and oxygen atoms in total. The van der Waals surface area contributed by atoms with E-state index in [9.17, 15) is 0 Å². The Morgan fingerprint density at radius 1 is 1.64 bits per heavy atom. The zero-order valence-electron chi connectivity index (χ0n) is 7.89. The van der Waals surface area contributed by atoms with Crippen LogP contribution in [0, 0.1) is 11.3 Å². The van der Waals surface area contributed by atoms with E-state index in [2.05, 4.69) is 10.1 Å². The summed E-state index contributed by atoms with van der Waals surface area (Å²) in [7, 11) is 0. The molecule has 0 atom stereocenters. The van der Waals surface area contributed by atoms with Crippen LogP contribution < -0.4 is 0 Å². The highest BCUT2D eigenvalue weighted by molar-refractivity contribution is 7.98. The van der Waals surface area contributed by atoms with Crippen molar-refractivity contribution in [2.24, 2.45) is 0 Å². The minimum atomic E-state index is 0.378. The molecule has 14 heavy (non-hydrogen) atoms. The van der Waals surface area contributed by atoms with Gasteiger partial charge in [-0.1, -0.05) is 5.16 Å². The summed E-state index contributed by atoms with van der Waals surface area (Å²) in [4.78, 5) is 4.09. The van der Waals surface area contributed by atoms with Crippen LogP contribution in [0.3, 0.4) is 0 Å². The highest BCUT2D eigenvalue weighted by atomic mass is 32.2. The molecule has 0 saturated heterocycles. The molecule has 0 aliphatic heterocycles. The van der Waals surface area contributed by atoms with E-state index in [0.717, 1.165) is 0 Å². The summed E-state index contributed by atoms with van der Waals surface area (Å²) in [5.41, 5.74) is 0. The third-order valence-corrected chi connectivity index (χ3v) is 2.12. The first-order chi connectivity index (χ1) is 6.86. The van der Waals surface area contributed by atoms with Crippen LogP contribution in [0.25, 0.3) is 0 Å². The molecule has 0 N–H and O–H groups in total. The van der Waals surface area contributed by atoms with Crippen molar-refractivity contribution in [2.75, 3.05) is 12.4 Å². The predicted molar refractivity (Wildman–Crippen MR) is 51.4 cm³/mol. The van der Waals surface area contributed by atoms with Gasteiger partial charge in [-0.25, -0.2) is 0 Å². The van der Waals surface area contributed by atoms with E-state index in [1.54, 1.807) is 0 Å². The number of nitrogens with zero attached hydrogens (tertiary/aromatic N) is 3. The fourth-order valence-electron chi connectivity index (χ4n) is 0.785. The Morgan fingerprint density at radius 2 is 2.50 bits per heavy atom. The van der Waals surface area contributed by atoms with Gasteiger partial charge in [-0.3, -0.25) is 0 Å². The van der Waals surface area contributed by atoms with Crippen molar-refractivity contribution in [1.29, 1.82) is 5.26 Å². The molecule has 1 heterocycles. The van der Waals surface area contributed by atoms with E-state index in [-0.39, 0.29) is 0 Å². The van der Waals surface area contributed by atoms with Gasteiger partial charge in [-0.2, -0.15) is 10.2 Å². The summed E-state index contributed by atoms with van der Waals surface area (Å²) in [6.45, 7) is 2.92. The van der Waals surface area contributed by atoms with Gasteiger partial charge < -0.3 is 9.26 Å². The van der Waals surface area contributed by atoms with Crippen LogP contribution in [-0.2, 0) is 17.1 Å². The topological polar surface area (TPSA) is 71.9 Å². The molecule has 0 aliphatic rings. The van der Waals surface area contributed by atoms with Crippen LogP contribution in [0.2, 0.25) is 0 Å². The first kappa shape index (κ1) is 11.0. The summed E-state index contributed by atoms with van der Waals surface area (Å²) < 4.78 is 10.1. The predicted octanol–water partition coefficient (Wildman–Crippen LogP) is 1.36. The zero-order chi connectivity index (χ0) is 10.2. The van der Waals surface area contributed by atoms with Gasteiger partial charge in [0.05, 0.1) is 17.6 Å². The molecule has 0 amide bonds. The zero-order valence-corrected chi connectivity index (χ0v) is 8.71. The Morgan fingerprint density at radius 3 is 3.21 bits per heavy atom. The molecule has 1 rings (SSSR count). The van der Waals surface area contributed by atoms with Gasteiger partial charge in [0.25, 0.3) is 0 Å². The molecule has 0 aliphatic carbocycles. The van der Waals surface area contributed by atoms with Crippen LogP contribution >= 0.6 is 11.8 Å². The number of aromatic nitrogens is 2. The molecule has 0 spiro atoms. The SMILES string of the molecule is CCOCc1noc(CSCC#N)n1. The van der Waals surface area contributed by atoms with Gasteiger partial charge in [0.15, 0.2) is 5.82 Å². The quantitative estimate of drug-likeness (QED) is 0.664. The van der Waals surface area contributed by atoms with Crippen molar-refractivity contribution in [3.63, 3.8) is 0 Å². The normalized spacial score (nSPS) is 10.0. The van der Waals surface area contributed by atoms with E-state index in [1.807, 2.05) is 13.0 Å². The molecule has 0 bridgehead atoms. The molecular weight excluding hydrogens is 202 g/mol. The summed E-state index contributed by atoms with van der Waals surface area (Å²) in [6, 6.07) is 2.03. The number of hydrogen-bond donors (Lipinski definition) is 0. The largest absolute Gasteiger partial charge is 0.374 e. The fraction of sp³-hybridized carbons (Fsp3) is 0.625. The Hall–Kier alpha value is -1.06. The molecule has 0 unspecified atom stereocenters. The lowest BCUT2D eigenvalue weighted by Crippen LogP contribution is -1.94. The molecule has 0 saturated carbocycles. The summed E-state index contributed by atoms with van der Waals surface area (Å²) in [5.74, 6) is 2.11. The van der Waals surface area contributed by atoms with E-state index < -0.39 is 0 Å². The highest BCUT2D eigenvalue weighted by Crippen LogP contribution is 2.09. The number of nitriles is 1. The number of thioether (sulfide) groups is 1. The Kier molecular flexibility index (Phi) is 5.04. The van der Waals surface area contributed by atoms with Crippen LogP contribution in [0.15, 0.2) is 4.52 Å². The Bertz CT molecular complexity index is 308. The smallest absolute Gasteiger partial charge is 0.236 e. The lowest BCUT2D eigenvalue weighted by molar-refractivity contribution is 0.126. The summed E-state index contributed by atoms with van der Waals surface area (Å²) in [5, 5.41) is 12.0. The third-order valence-electron chi connectivity index (χ3n) is 1.34. The number of ether oxygens (including phenoxy) is 1. The highest BCUT2D eigenvalue weighted by Gasteiger charge is 2.05. The minimum absolute atomic E-state index is 0.378. The van der Waals surface area contributed by atoms with E-state index in [0.29, 0.717) is 36.4 Å². The molecule has 6 heteroatoms. The first-order valence-corrected chi connectivity index (χ1v) is 5.36. The summed E-state index contributed by atoms with van der Waals surface area (Å²) in [6.07, 6.45) is 0. The van der Waals surface area contributed by atoms with Crippen molar-refractivity contribution in [3.8, 4) is 6.07 Å². The Labute approximate surface area is 86.4 Å². The van der Waals surface area contributed by atoms with Crippen molar-refractivity contribution >= 4 is 11.8 Å². The minimum Gasteiger partial charge on any atom is -0.374 e. The van der Waals surface area contributed by atoms with Gasteiger partial charge in [-0.15, -0.1) is 11.8 Å². The second kappa shape index (κ2) is 6.40. The lowest BCUT2D eigenvalue weighted by atomic mass is 10.6. The lowest BCUT2D eigenvalue weighted by Gasteiger charge is -1.92. The van der Waals surface area contributed by atoms with Gasteiger partial charge in [0.1, 0.15) is 6.61 Å². The van der Waals surface area contributed by atoms with Gasteiger partial charge in [0, 0.05) is 6.61 Å². The average molecular weight is 213 g/mol. The van der Waals surface area contributed by atoms with Crippen molar-refractivity contribution in [3.05, 3.63) is 11.7 Å². The third kappa shape index (κ3) is 3.77. The molecule has 1 aromatic rings. The maximum absolute atomic E-state index is 8.31.